The molecule has 64 heavy (non-hydrogen) atoms. The van der Waals surface area contributed by atoms with Crippen LogP contribution in [0.15, 0.2) is 140 Å². The minimum Gasteiger partial charge on any atom is -0.396 e. The van der Waals surface area contributed by atoms with Crippen LogP contribution >= 0.6 is 0 Å². The molecule has 320 valence electrons. The monoisotopic (exact) mass is 845 g/mol. The number of rotatable bonds is 15. The van der Waals surface area contributed by atoms with Gasteiger partial charge in [0, 0.05) is 75.2 Å². The van der Waals surface area contributed by atoms with Gasteiger partial charge in [-0.05, 0) is 121 Å². The van der Waals surface area contributed by atoms with Gasteiger partial charge in [-0.1, -0.05) is 103 Å². The maximum Gasteiger partial charge on any atom is 0.251 e. The highest BCUT2D eigenvalue weighted by Crippen LogP contribution is 2.38. The highest BCUT2D eigenvalue weighted by molar-refractivity contribution is 6.00. The summed E-state index contributed by atoms with van der Waals surface area (Å²) in [5.74, 6) is -0.247. The Morgan fingerprint density at radius 2 is 0.750 bits per heavy atom. The van der Waals surface area contributed by atoms with Crippen molar-refractivity contribution in [2.45, 2.75) is 44.1 Å². The number of nitrogens with zero attached hydrogens (tertiary/aromatic N) is 2. The van der Waals surface area contributed by atoms with Gasteiger partial charge in [0.05, 0.1) is 22.8 Å². The molecule has 1 amide bonds. The average Bonchev–Trinajstić information content (AvgIpc) is 4.19. The zero-order valence-corrected chi connectivity index (χ0v) is 35.6. The summed E-state index contributed by atoms with van der Waals surface area (Å²) in [4.78, 5) is 32.4. The van der Waals surface area contributed by atoms with Gasteiger partial charge in [0.25, 0.3) is 5.91 Å². The molecular formula is C55H51N5O4. The van der Waals surface area contributed by atoms with E-state index in [0.29, 0.717) is 44.1 Å². The molecule has 9 rings (SSSR count). The maximum absolute atomic E-state index is 14.0. The van der Waals surface area contributed by atoms with E-state index in [1.807, 2.05) is 66.7 Å². The number of hydrogen-bond donors (Lipinski definition) is 6. The second kappa shape index (κ2) is 19.1. The highest BCUT2D eigenvalue weighted by atomic mass is 16.3. The molecule has 0 unspecified atom stereocenters. The molecule has 0 spiro atoms. The summed E-state index contributed by atoms with van der Waals surface area (Å²) >= 11 is 0. The molecule has 5 heterocycles. The van der Waals surface area contributed by atoms with Crippen LogP contribution in [0.1, 0.15) is 71.7 Å². The molecule has 9 nitrogen and oxygen atoms in total. The Bertz CT molecular complexity index is 2930. The molecule has 4 aromatic carbocycles. The van der Waals surface area contributed by atoms with Gasteiger partial charge in [-0.25, -0.2) is 9.97 Å². The van der Waals surface area contributed by atoms with Gasteiger partial charge in [-0.15, -0.1) is 0 Å². The van der Waals surface area contributed by atoms with Crippen LogP contribution in [-0.4, -0.2) is 66.5 Å². The first kappa shape index (κ1) is 42.1. The van der Waals surface area contributed by atoms with Gasteiger partial charge < -0.3 is 30.6 Å². The van der Waals surface area contributed by atoms with E-state index >= 15 is 0 Å². The fraction of sp³-hybridized carbons (Fsp3) is 0.182. The predicted octanol–water partition coefficient (Wildman–Crippen LogP) is 11.1. The number of fused-ring (bicyclic) bond motifs is 8. The Morgan fingerprint density at radius 1 is 0.438 bits per heavy atom. The zero-order chi connectivity index (χ0) is 43.9. The molecule has 8 bridgehead atoms. The predicted molar refractivity (Wildman–Crippen MR) is 260 cm³/mol. The summed E-state index contributed by atoms with van der Waals surface area (Å²) in [5, 5.41) is 32.4. The van der Waals surface area contributed by atoms with Gasteiger partial charge in [0.15, 0.2) is 0 Å². The van der Waals surface area contributed by atoms with E-state index < -0.39 is 5.54 Å². The van der Waals surface area contributed by atoms with Gasteiger partial charge in [0.1, 0.15) is 0 Å². The first-order chi connectivity index (χ1) is 31.5. The molecule has 2 aliphatic rings. The van der Waals surface area contributed by atoms with Crippen molar-refractivity contribution in [3.8, 4) is 44.5 Å². The summed E-state index contributed by atoms with van der Waals surface area (Å²) in [6, 6.07) is 47.0. The Balaban J connectivity index is 1.27. The van der Waals surface area contributed by atoms with E-state index in [9.17, 15) is 20.1 Å². The van der Waals surface area contributed by atoms with E-state index in [0.717, 1.165) is 89.4 Å². The van der Waals surface area contributed by atoms with Crippen molar-refractivity contribution in [2.75, 3.05) is 19.8 Å². The summed E-state index contributed by atoms with van der Waals surface area (Å²) in [5.41, 5.74) is 14.4. The fourth-order valence-corrected chi connectivity index (χ4v) is 9.15. The Labute approximate surface area is 372 Å². The molecule has 0 saturated heterocycles. The highest BCUT2D eigenvalue weighted by Gasteiger charge is 2.31. The number of aromatic nitrogens is 4. The molecule has 6 N–H and O–H groups in total. The summed E-state index contributed by atoms with van der Waals surface area (Å²) in [7, 11) is 0. The summed E-state index contributed by atoms with van der Waals surface area (Å²) < 4.78 is 0. The van der Waals surface area contributed by atoms with Crippen LogP contribution in [0.3, 0.4) is 0 Å². The van der Waals surface area contributed by atoms with E-state index in [4.69, 9.17) is 9.97 Å². The zero-order valence-electron chi connectivity index (χ0n) is 35.6. The normalized spacial score (nSPS) is 12.2. The molecule has 0 radical (unpaired) electrons. The smallest absolute Gasteiger partial charge is 0.251 e. The molecule has 2 aliphatic heterocycles. The van der Waals surface area contributed by atoms with Gasteiger partial charge in [-0.2, -0.15) is 0 Å². The average molecular weight is 846 g/mol. The number of hydrogen-bond acceptors (Lipinski definition) is 6. The van der Waals surface area contributed by atoms with Gasteiger partial charge in [-0.3, -0.25) is 4.79 Å². The molecule has 0 saturated carbocycles. The lowest BCUT2D eigenvalue weighted by Gasteiger charge is -2.35. The first-order valence-electron chi connectivity index (χ1n) is 22.1. The second-order valence-electron chi connectivity index (χ2n) is 16.4. The maximum atomic E-state index is 14.0. The lowest BCUT2D eigenvalue weighted by molar-refractivity contribution is 0.0853. The number of aliphatic hydroxyl groups is 3. The topological polar surface area (TPSA) is 147 Å². The van der Waals surface area contributed by atoms with E-state index in [-0.39, 0.29) is 25.7 Å². The Hall–Kier alpha value is -7.17. The van der Waals surface area contributed by atoms with Crippen molar-refractivity contribution in [3.63, 3.8) is 0 Å². The minimum atomic E-state index is -0.670. The summed E-state index contributed by atoms with van der Waals surface area (Å²) in [6.45, 7) is -0.0404. The van der Waals surface area contributed by atoms with Gasteiger partial charge in [0.2, 0.25) is 0 Å². The number of amides is 1. The number of benzene rings is 4. The lowest BCUT2D eigenvalue weighted by atomic mass is 9.83. The number of H-pyrrole nitrogens is 2. The minimum absolute atomic E-state index is 0.0135. The van der Waals surface area contributed by atoms with E-state index in [1.54, 1.807) is 0 Å². The van der Waals surface area contributed by atoms with Gasteiger partial charge >= 0.3 is 0 Å². The second-order valence-corrected chi connectivity index (χ2v) is 16.4. The first-order valence-corrected chi connectivity index (χ1v) is 22.1. The number of carbonyl (C=O) groups excluding carboxylic acids is 1. The van der Waals surface area contributed by atoms with Crippen molar-refractivity contribution in [3.05, 3.63) is 168 Å². The molecule has 0 atom stereocenters. The standard InChI is InChI=1S/C55H51N5O4/c61-34-10-31-55(32-11-35-62,33-12-36-63)60-54(64)41-21-19-40(20-22-41)53-48-29-27-46(58-48)51(38-15-6-2-7-16-38)44-25-23-42(56-44)50(37-13-4-1-5-14-37)43-24-26-45(57-43)52(39-17-8-3-9-18-39)47-28-30-49(53)59-47/h1-9,13-30,56,59,61-63H,10-12,31-36H2,(H,60,64). The third-order valence-corrected chi connectivity index (χ3v) is 12.2. The number of nitrogens with one attached hydrogen (secondary N) is 3. The van der Waals surface area contributed by atoms with Crippen molar-refractivity contribution >= 4 is 52.3 Å². The molecule has 7 aromatic rings. The van der Waals surface area contributed by atoms with Crippen molar-refractivity contribution in [2.24, 2.45) is 0 Å². The van der Waals surface area contributed by atoms with Crippen LogP contribution in [0.4, 0.5) is 0 Å². The van der Waals surface area contributed by atoms with Crippen LogP contribution in [0, 0.1) is 0 Å². The largest absolute Gasteiger partial charge is 0.396 e. The van der Waals surface area contributed by atoms with Crippen LogP contribution < -0.4 is 5.32 Å². The number of carbonyl (C=O) groups is 1. The summed E-state index contributed by atoms with van der Waals surface area (Å²) in [6.07, 6.45) is 11.4. The lowest BCUT2D eigenvalue weighted by Crippen LogP contribution is -2.49. The molecule has 9 heteroatoms. The SMILES string of the molecule is O=C(NC(CCCO)(CCCO)CCCO)c1ccc(-c2c3nc(c(-c4ccccc4)c4ccc([nH]4)c(-c4ccccc4)c4nc(c(-c5ccccc5)c5ccc2[nH]5)C=C4)C=C3)cc1. The van der Waals surface area contributed by atoms with Crippen LogP contribution in [0.5, 0.6) is 0 Å². The Morgan fingerprint density at radius 3 is 1.06 bits per heavy atom. The fourth-order valence-electron chi connectivity index (χ4n) is 9.15. The van der Waals surface area contributed by atoms with Crippen LogP contribution in [0.25, 0.3) is 90.9 Å². The number of aliphatic hydroxyl groups excluding tert-OH is 3. The van der Waals surface area contributed by atoms with E-state index in [2.05, 4.69) is 112 Å². The van der Waals surface area contributed by atoms with E-state index in [1.165, 1.54) is 0 Å². The molecule has 0 aliphatic carbocycles. The quantitative estimate of drug-likeness (QED) is 0.0605. The molecule has 3 aromatic heterocycles. The Kier molecular flexibility index (Phi) is 12.6. The third-order valence-electron chi connectivity index (χ3n) is 12.2. The van der Waals surface area contributed by atoms with Crippen molar-refractivity contribution in [1.29, 1.82) is 0 Å². The van der Waals surface area contributed by atoms with Crippen molar-refractivity contribution < 1.29 is 20.1 Å². The molecule has 0 fully saturated rings. The third kappa shape index (κ3) is 8.74. The number of aromatic amines is 2. The van der Waals surface area contributed by atoms with Crippen LogP contribution in [-0.2, 0) is 0 Å². The van der Waals surface area contributed by atoms with Crippen LogP contribution in [0.2, 0.25) is 0 Å². The van der Waals surface area contributed by atoms with Crippen molar-refractivity contribution in [1.82, 2.24) is 25.3 Å². The molecular weight excluding hydrogens is 795 g/mol.